The van der Waals surface area contributed by atoms with E-state index in [4.69, 9.17) is 4.74 Å². The summed E-state index contributed by atoms with van der Waals surface area (Å²) >= 11 is 0. The van der Waals surface area contributed by atoms with Crippen molar-refractivity contribution in [1.29, 1.82) is 0 Å². The molecule has 1 aliphatic rings. The number of hydrogen-bond donors (Lipinski definition) is 0. The largest absolute Gasteiger partial charge is 0.466 e. The highest BCUT2D eigenvalue weighted by atomic mass is 16.5. The van der Waals surface area contributed by atoms with Crippen LogP contribution in [0.15, 0.2) is 11.8 Å². The molecule has 0 saturated carbocycles. The fourth-order valence-electron chi connectivity index (χ4n) is 3.14. The Hall–Kier alpha value is -1.52. The number of methoxy groups -OCH3 is 2. The van der Waals surface area contributed by atoms with Crippen LogP contribution < -0.4 is 0 Å². The van der Waals surface area contributed by atoms with E-state index in [0.29, 0.717) is 0 Å². The smallest absolute Gasteiger partial charge is 0.354 e. The van der Waals surface area contributed by atoms with Crippen molar-refractivity contribution in [3.63, 3.8) is 0 Å². The Labute approximate surface area is 120 Å². The van der Waals surface area contributed by atoms with Gasteiger partial charge in [-0.25, -0.2) is 9.59 Å². The van der Waals surface area contributed by atoms with Gasteiger partial charge in [-0.1, -0.05) is 0 Å². The van der Waals surface area contributed by atoms with E-state index in [1.165, 1.54) is 20.3 Å². The van der Waals surface area contributed by atoms with Gasteiger partial charge in [-0.05, 0) is 47.0 Å². The summed E-state index contributed by atoms with van der Waals surface area (Å²) in [5.41, 5.74) is -0.194. The van der Waals surface area contributed by atoms with E-state index in [9.17, 15) is 9.59 Å². The Kier molecular flexibility index (Phi) is 4.84. The summed E-state index contributed by atoms with van der Waals surface area (Å²) in [6, 6.07) is 0. The normalized spacial score (nSPS) is 21.3. The molecule has 1 heterocycles. The van der Waals surface area contributed by atoms with Gasteiger partial charge in [0.05, 0.1) is 20.3 Å². The van der Waals surface area contributed by atoms with E-state index in [1.807, 2.05) is 4.90 Å². The summed E-state index contributed by atoms with van der Waals surface area (Å²) in [7, 11) is 2.61. The quantitative estimate of drug-likeness (QED) is 0.587. The predicted octanol–water partition coefficient (Wildman–Crippen LogP) is 2.26. The van der Waals surface area contributed by atoms with Crippen LogP contribution in [0.2, 0.25) is 0 Å². The minimum Gasteiger partial charge on any atom is -0.466 e. The second kappa shape index (κ2) is 5.85. The first-order valence-electron chi connectivity index (χ1n) is 6.84. The molecule has 5 heteroatoms. The molecule has 114 valence electrons. The molecule has 0 atom stereocenters. The van der Waals surface area contributed by atoms with Crippen molar-refractivity contribution in [3.8, 4) is 0 Å². The maximum absolute atomic E-state index is 12.1. The highest BCUT2D eigenvalue weighted by Crippen LogP contribution is 2.41. The van der Waals surface area contributed by atoms with Gasteiger partial charge >= 0.3 is 11.9 Å². The molecular weight excluding hydrogens is 258 g/mol. The molecule has 0 amide bonds. The fourth-order valence-corrected chi connectivity index (χ4v) is 3.14. The number of hydrogen-bond acceptors (Lipinski definition) is 5. The molecule has 0 radical (unpaired) electrons. The Morgan fingerprint density at radius 3 is 1.90 bits per heavy atom. The highest BCUT2D eigenvalue weighted by Gasteiger charge is 2.44. The minimum atomic E-state index is -0.553. The van der Waals surface area contributed by atoms with Gasteiger partial charge in [-0.2, -0.15) is 0 Å². The van der Waals surface area contributed by atoms with E-state index in [-0.39, 0.29) is 16.8 Å². The molecule has 0 aliphatic carbocycles. The van der Waals surface area contributed by atoms with Crippen LogP contribution in [0.1, 0.15) is 47.0 Å². The van der Waals surface area contributed by atoms with Crippen molar-refractivity contribution >= 4 is 11.9 Å². The molecule has 0 bridgehead atoms. The third-order valence-electron chi connectivity index (χ3n) is 3.88. The molecular formula is C15H25NO4. The zero-order chi connectivity index (χ0) is 15.6. The van der Waals surface area contributed by atoms with E-state index in [2.05, 4.69) is 32.4 Å². The fraction of sp³-hybridized carbons (Fsp3) is 0.733. The van der Waals surface area contributed by atoms with Gasteiger partial charge in [0, 0.05) is 11.1 Å². The standard InChI is InChI=1S/C15H25NO4/c1-14(2)8-7-9-15(3,4)16(14)11(13(18)20-6)10-12(17)19-5/h10H,7-9H2,1-6H3/b11-10-. The second-order valence-corrected chi connectivity index (χ2v) is 6.36. The minimum absolute atomic E-state index is 0.226. The number of piperidine rings is 1. The number of esters is 2. The van der Waals surface area contributed by atoms with Crippen LogP contribution in [0.3, 0.4) is 0 Å². The Balaban J connectivity index is 3.32. The zero-order valence-electron chi connectivity index (χ0n) is 13.3. The SMILES string of the molecule is COC(=O)/C=C(/C(=O)OC)N1C(C)(C)CCCC1(C)C. The molecule has 1 rings (SSSR count). The Morgan fingerprint density at radius 2 is 1.50 bits per heavy atom. The van der Waals surface area contributed by atoms with Crippen molar-refractivity contribution < 1.29 is 19.1 Å². The van der Waals surface area contributed by atoms with Crippen LogP contribution in [0.25, 0.3) is 0 Å². The van der Waals surface area contributed by atoms with Gasteiger partial charge in [0.1, 0.15) is 5.70 Å². The molecule has 0 aromatic heterocycles. The van der Waals surface area contributed by atoms with Crippen LogP contribution in [0, 0.1) is 0 Å². The van der Waals surface area contributed by atoms with Crippen LogP contribution >= 0.6 is 0 Å². The molecule has 20 heavy (non-hydrogen) atoms. The number of ether oxygens (including phenoxy) is 2. The van der Waals surface area contributed by atoms with Crippen LogP contribution in [0.4, 0.5) is 0 Å². The van der Waals surface area contributed by atoms with Gasteiger partial charge in [-0.3, -0.25) is 0 Å². The molecule has 0 N–H and O–H groups in total. The maximum atomic E-state index is 12.1. The van der Waals surface area contributed by atoms with E-state index >= 15 is 0 Å². The second-order valence-electron chi connectivity index (χ2n) is 6.36. The van der Waals surface area contributed by atoms with Crippen LogP contribution in [-0.2, 0) is 19.1 Å². The number of rotatable bonds is 3. The van der Waals surface area contributed by atoms with Gasteiger partial charge in [0.25, 0.3) is 0 Å². The van der Waals surface area contributed by atoms with Crippen molar-refractivity contribution in [1.82, 2.24) is 4.90 Å². The number of likely N-dealkylation sites (tertiary alicyclic amines) is 1. The third-order valence-corrected chi connectivity index (χ3v) is 3.88. The summed E-state index contributed by atoms with van der Waals surface area (Å²) in [5, 5.41) is 0. The summed E-state index contributed by atoms with van der Waals surface area (Å²) in [5.74, 6) is -1.07. The summed E-state index contributed by atoms with van der Waals surface area (Å²) in [6.45, 7) is 8.29. The first kappa shape index (κ1) is 16.5. The molecule has 5 nitrogen and oxygen atoms in total. The Bertz CT molecular complexity index is 408. The lowest BCUT2D eigenvalue weighted by atomic mass is 9.79. The summed E-state index contributed by atoms with van der Waals surface area (Å²) in [6.07, 6.45) is 4.21. The van der Waals surface area contributed by atoms with Crippen molar-refractivity contribution in [2.75, 3.05) is 14.2 Å². The number of carbonyl (C=O) groups excluding carboxylic acids is 2. The molecule has 0 unspecified atom stereocenters. The van der Waals surface area contributed by atoms with Gasteiger partial charge in [-0.15, -0.1) is 0 Å². The number of carbonyl (C=O) groups is 2. The van der Waals surface area contributed by atoms with Gasteiger partial charge < -0.3 is 14.4 Å². The third kappa shape index (κ3) is 3.32. The van der Waals surface area contributed by atoms with E-state index in [0.717, 1.165) is 19.3 Å². The lowest BCUT2D eigenvalue weighted by Gasteiger charge is -2.54. The summed E-state index contributed by atoms with van der Waals surface area (Å²) < 4.78 is 9.49. The van der Waals surface area contributed by atoms with E-state index < -0.39 is 11.9 Å². The van der Waals surface area contributed by atoms with Crippen molar-refractivity contribution in [3.05, 3.63) is 11.8 Å². The average Bonchev–Trinajstić information content (AvgIpc) is 2.34. The topological polar surface area (TPSA) is 55.8 Å². The molecule has 0 aromatic rings. The predicted molar refractivity (Wildman–Crippen MR) is 76.0 cm³/mol. The monoisotopic (exact) mass is 283 g/mol. The lowest BCUT2D eigenvalue weighted by Crippen LogP contribution is -2.59. The average molecular weight is 283 g/mol. The lowest BCUT2D eigenvalue weighted by molar-refractivity contribution is -0.143. The van der Waals surface area contributed by atoms with Crippen LogP contribution in [-0.4, -0.2) is 42.1 Å². The summed E-state index contributed by atoms with van der Waals surface area (Å²) in [4.78, 5) is 25.7. The Morgan fingerprint density at radius 1 is 1.00 bits per heavy atom. The molecule has 1 aliphatic heterocycles. The van der Waals surface area contributed by atoms with Gasteiger partial charge in [0.2, 0.25) is 0 Å². The highest BCUT2D eigenvalue weighted by molar-refractivity contribution is 5.96. The zero-order valence-corrected chi connectivity index (χ0v) is 13.3. The van der Waals surface area contributed by atoms with E-state index in [1.54, 1.807) is 0 Å². The van der Waals surface area contributed by atoms with Crippen molar-refractivity contribution in [2.45, 2.75) is 58.0 Å². The maximum Gasteiger partial charge on any atom is 0.354 e. The molecule has 0 aromatic carbocycles. The van der Waals surface area contributed by atoms with Crippen LogP contribution in [0.5, 0.6) is 0 Å². The molecule has 1 saturated heterocycles. The first-order valence-corrected chi connectivity index (χ1v) is 6.84. The number of nitrogens with zero attached hydrogens (tertiary/aromatic N) is 1. The molecule has 1 fully saturated rings. The van der Waals surface area contributed by atoms with Gasteiger partial charge in [0.15, 0.2) is 0 Å². The molecule has 0 spiro atoms. The van der Waals surface area contributed by atoms with Crippen molar-refractivity contribution in [2.24, 2.45) is 0 Å². The first-order chi connectivity index (χ1) is 9.15.